The zero-order chi connectivity index (χ0) is 15.3. The lowest BCUT2D eigenvalue weighted by Gasteiger charge is -2.26. The van der Waals surface area contributed by atoms with Crippen molar-refractivity contribution in [1.82, 2.24) is 5.32 Å². The average Bonchev–Trinajstić information content (AvgIpc) is 2.96. The summed E-state index contributed by atoms with van der Waals surface area (Å²) in [5, 5.41) is 13.1. The molecule has 114 valence electrons. The van der Waals surface area contributed by atoms with Gasteiger partial charge in [0.1, 0.15) is 0 Å². The first-order valence-electron chi connectivity index (χ1n) is 7.38. The molecule has 0 unspecified atom stereocenters. The molecule has 2 rings (SSSR count). The van der Waals surface area contributed by atoms with Crippen LogP contribution in [0, 0.1) is 12.3 Å². The van der Waals surface area contributed by atoms with Gasteiger partial charge in [-0.15, -0.1) is 0 Å². The Morgan fingerprint density at radius 3 is 2.76 bits per heavy atom. The zero-order valence-corrected chi connectivity index (χ0v) is 13.1. The molecule has 1 aliphatic carbocycles. The van der Waals surface area contributed by atoms with E-state index in [1.807, 2.05) is 25.1 Å². The Bertz CT molecular complexity index is 534. The molecule has 0 spiro atoms. The summed E-state index contributed by atoms with van der Waals surface area (Å²) in [6.07, 6.45) is 7.51. The normalized spacial score (nSPS) is 17.3. The van der Waals surface area contributed by atoms with E-state index in [2.05, 4.69) is 5.32 Å². The monoisotopic (exact) mass is 307 g/mol. The van der Waals surface area contributed by atoms with E-state index < -0.39 is 0 Å². The fourth-order valence-electron chi connectivity index (χ4n) is 2.73. The van der Waals surface area contributed by atoms with Gasteiger partial charge in [0.25, 0.3) is 0 Å². The molecule has 0 bridgehead atoms. The number of carbonyl (C=O) groups is 1. The van der Waals surface area contributed by atoms with Crippen LogP contribution in [0.15, 0.2) is 24.3 Å². The van der Waals surface area contributed by atoms with Gasteiger partial charge in [0.05, 0.1) is 6.61 Å². The number of aliphatic hydroxyl groups is 1. The molecule has 1 amide bonds. The number of amides is 1. The number of hydrogen-bond donors (Lipinski definition) is 2. The number of rotatable bonds is 5. The second-order valence-electron chi connectivity index (χ2n) is 5.92. The van der Waals surface area contributed by atoms with Crippen molar-refractivity contribution in [3.05, 3.63) is 40.4 Å². The first-order chi connectivity index (χ1) is 10.0. The summed E-state index contributed by atoms with van der Waals surface area (Å²) >= 11 is 6.05. The van der Waals surface area contributed by atoms with Crippen LogP contribution in [0.2, 0.25) is 5.02 Å². The minimum absolute atomic E-state index is 0.114. The van der Waals surface area contributed by atoms with Crippen molar-refractivity contribution in [3.63, 3.8) is 0 Å². The Morgan fingerprint density at radius 1 is 1.43 bits per heavy atom. The number of benzene rings is 1. The number of carbonyl (C=O) groups excluding carboxylic acids is 1. The van der Waals surface area contributed by atoms with Gasteiger partial charge in [-0.1, -0.05) is 36.6 Å². The quantitative estimate of drug-likeness (QED) is 0.820. The molecule has 0 radical (unpaired) electrons. The molecular formula is C17H22ClNO2. The molecule has 1 aromatic carbocycles. The predicted octanol–water partition coefficient (Wildman–Crippen LogP) is 3.33. The standard InChI is InChI=1S/C17H22ClNO2/c1-13-4-5-14(10-15(13)18)6-7-16(21)19-11-17(12-20)8-2-3-9-17/h4-7,10,20H,2-3,8-9,11-12H2,1H3,(H,19,21)/b7-6+. The predicted molar refractivity (Wildman–Crippen MR) is 86.2 cm³/mol. The van der Waals surface area contributed by atoms with Crippen LogP contribution in [0.3, 0.4) is 0 Å². The van der Waals surface area contributed by atoms with E-state index in [-0.39, 0.29) is 17.9 Å². The third kappa shape index (κ3) is 4.32. The van der Waals surface area contributed by atoms with Crippen LogP contribution in [-0.2, 0) is 4.79 Å². The van der Waals surface area contributed by atoms with Crippen molar-refractivity contribution >= 4 is 23.6 Å². The largest absolute Gasteiger partial charge is 0.396 e. The van der Waals surface area contributed by atoms with Crippen LogP contribution < -0.4 is 5.32 Å². The van der Waals surface area contributed by atoms with Gasteiger partial charge in [0.15, 0.2) is 0 Å². The van der Waals surface area contributed by atoms with Crippen LogP contribution >= 0.6 is 11.6 Å². The van der Waals surface area contributed by atoms with Crippen LogP contribution in [0.5, 0.6) is 0 Å². The van der Waals surface area contributed by atoms with E-state index in [9.17, 15) is 9.90 Å². The maximum absolute atomic E-state index is 11.9. The second-order valence-corrected chi connectivity index (χ2v) is 6.33. The lowest BCUT2D eigenvalue weighted by Crippen LogP contribution is -2.37. The van der Waals surface area contributed by atoms with Crippen molar-refractivity contribution in [1.29, 1.82) is 0 Å². The molecule has 4 heteroatoms. The summed E-state index contributed by atoms with van der Waals surface area (Å²) in [4.78, 5) is 11.9. The topological polar surface area (TPSA) is 49.3 Å². The number of hydrogen-bond acceptors (Lipinski definition) is 2. The summed E-state index contributed by atoms with van der Waals surface area (Å²) in [6, 6.07) is 5.70. The highest BCUT2D eigenvalue weighted by molar-refractivity contribution is 6.31. The number of halogens is 1. The lowest BCUT2D eigenvalue weighted by atomic mass is 9.87. The maximum atomic E-state index is 11.9. The Balaban J connectivity index is 1.89. The molecule has 0 saturated heterocycles. The molecule has 1 saturated carbocycles. The van der Waals surface area contributed by atoms with Crippen LogP contribution in [0.25, 0.3) is 6.08 Å². The fourth-order valence-corrected chi connectivity index (χ4v) is 2.92. The molecule has 21 heavy (non-hydrogen) atoms. The Kier molecular flexibility index (Phi) is 5.43. The maximum Gasteiger partial charge on any atom is 0.244 e. The van der Waals surface area contributed by atoms with Crippen molar-refractivity contribution in [2.45, 2.75) is 32.6 Å². The Labute approximate surface area is 131 Å². The summed E-state index contributed by atoms with van der Waals surface area (Å²) in [7, 11) is 0. The zero-order valence-electron chi connectivity index (χ0n) is 12.4. The summed E-state index contributed by atoms with van der Waals surface area (Å²) in [5.41, 5.74) is 1.80. The van der Waals surface area contributed by atoms with E-state index in [0.717, 1.165) is 36.8 Å². The van der Waals surface area contributed by atoms with Crippen molar-refractivity contribution < 1.29 is 9.90 Å². The number of nitrogens with one attached hydrogen (secondary N) is 1. The van der Waals surface area contributed by atoms with Crippen LogP contribution in [-0.4, -0.2) is 24.2 Å². The molecule has 1 aromatic rings. The lowest BCUT2D eigenvalue weighted by molar-refractivity contribution is -0.117. The average molecular weight is 308 g/mol. The van der Waals surface area contributed by atoms with E-state index in [1.165, 1.54) is 6.08 Å². The van der Waals surface area contributed by atoms with Crippen molar-refractivity contribution in [2.24, 2.45) is 5.41 Å². The van der Waals surface area contributed by atoms with Crippen molar-refractivity contribution in [3.8, 4) is 0 Å². The van der Waals surface area contributed by atoms with E-state index in [1.54, 1.807) is 6.08 Å². The van der Waals surface area contributed by atoms with Gasteiger partial charge in [0, 0.05) is 23.1 Å². The minimum atomic E-state index is -0.133. The molecule has 0 heterocycles. The van der Waals surface area contributed by atoms with Crippen LogP contribution in [0.4, 0.5) is 0 Å². The van der Waals surface area contributed by atoms with E-state index in [4.69, 9.17) is 11.6 Å². The molecule has 2 N–H and O–H groups in total. The Hall–Kier alpha value is -1.32. The second kappa shape index (κ2) is 7.10. The highest BCUT2D eigenvalue weighted by atomic mass is 35.5. The molecule has 0 aliphatic heterocycles. The Morgan fingerprint density at radius 2 is 2.14 bits per heavy atom. The third-order valence-electron chi connectivity index (χ3n) is 4.26. The summed E-state index contributed by atoms with van der Waals surface area (Å²) in [5.74, 6) is -0.133. The summed E-state index contributed by atoms with van der Waals surface area (Å²) in [6.45, 7) is 2.63. The van der Waals surface area contributed by atoms with Crippen LogP contribution in [0.1, 0.15) is 36.8 Å². The molecule has 0 aromatic heterocycles. The number of aryl methyl sites for hydroxylation is 1. The third-order valence-corrected chi connectivity index (χ3v) is 4.67. The minimum Gasteiger partial charge on any atom is -0.396 e. The SMILES string of the molecule is Cc1ccc(/C=C/C(=O)NCC2(CO)CCCC2)cc1Cl. The molecule has 1 fully saturated rings. The molecule has 0 atom stereocenters. The number of aliphatic hydroxyl groups excluding tert-OH is 1. The summed E-state index contributed by atoms with van der Waals surface area (Å²) < 4.78 is 0. The first kappa shape index (κ1) is 16.1. The molecule has 3 nitrogen and oxygen atoms in total. The van der Waals surface area contributed by atoms with E-state index >= 15 is 0 Å². The van der Waals surface area contributed by atoms with Gasteiger partial charge in [0.2, 0.25) is 5.91 Å². The fraction of sp³-hybridized carbons (Fsp3) is 0.471. The first-order valence-corrected chi connectivity index (χ1v) is 7.75. The highest BCUT2D eigenvalue weighted by Gasteiger charge is 2.33. The van der Waals surface area contributed by atoms with Gasteiger partial charge in [-0.05, 0) is 43.0 Å². The molecular weight excluding hydrogens is 286 g/mol. The highest BCUT2D eigenvalue weighted by Crippen LogP contribution is 2.36. The van der Waals surface area contributed by atoms with Gasteiger partial charge in [-0.2, -0.15) is 0 Å². The van der Waals surface area contributed by atoms with Gasteiger partial charge in [-0.25, -0.2) is 0 Å². The van der Waals surface area contributed by atoms with E-state index in [0.29, 0.717) is 11.6 Å². The van der Waals surface area contributed by atoms with Crippen molar-refractivity contribution in [2.75, 3.05) is 13.2 Å². The smallest absolute Gasteiger partial charge is 0.244 e. The van der Waals surface area contributed by atoms with Gasteiger partial charge >= 0.3 is 0 Å². The van der Waals surface area contributed by atoms with Gasteiger partial charge < -0.3 is 10.4 Å². The van der Waals surface area contributed by atoms with Gasteiger partial charge in [-0.3, -0.25) is 4.79 Å². The molecule has 1 aliphatic rings.